The zero-order valence-corrected chi connectivity index (χ0v) is 20.7. The summed E-state index contributed by atoms with van der Waals surface area (Å²) < 4.78 is 2.37. The fourth-order valence-corrected chi connectivity index (χ4v) is 5.92. The van der Waals surface area contributed by atoms with E-state index in [1.165, 1.54) is 5.56 Å². The van der Waals surface area contributed by atoms with Crippen LogP contribution in [-0.4, -0.2) is 68.8 Å². The van der Waals surface area contributed by atoms with Crippen molar-refractivity contribution in [3.8, 4) is 0 Å². The summed E-state index contributed by atoms with van der Waals surface area (Å²) in [7, 11) is 0. The Balaban J connectivity index is 1.39. The van der Waals surface area contributed by atoms with Crippen LogP contribution >= 0.6 is 0 Å². The molecule has 3 fully saturated rings. The molecule has 3 N–H and O–H groups in total. The van der Waals surface area contributed by atoms with Gasteiger partial charge in [-0.2, -0.15) is 4.98 Å². The number of carbonyl (C=O) groups is 1. The van der Waals surface area contributed by atoms with Gasteiger partial charge < -0.3 is 25.2 Å². The molecule has 2 aromatic rings. The highest BCUT2D eigenvalue weighted by molar-refractivity contribution is 5.82. The molecule has 1 atom stereocenters. The topological polar surface area (TPSA) is 95.3 Å². The van der Waals surface area contributed by atoms with E-state index >= 15 is 0 Å². The first-order chi connectivity index (χ1) is 16.5. The smallest absolute Gasteiger partial charge is 0.228 e. The Morgan fingerprint density at radius 3 is 2.59 bits per heavy atom. The number of aliphatic hydroxyl groups is 1. The number of amides is 1. The number of rotatable bonds is 7. The molecule has 2 aromatic heterocycles. The normalized spacial score (nSPS) is 25.3. The zero-order chi connectivity index (χ0) is 23.7. The molecule has 3 aliphatic rings. The van der Waals surface area contributed by atoms with Crippen molar-refractivity contribution < 1.29 is 9.90 Å². The quantitative estimate of drug-likeness (QED) is 0.576. The average Bonchev–Trinajstić information content (AvgIpc) is 3.17. The summed E-state index contributed by atoms with van der Waals surface area (Å²) in [5.74, 6) is 1.61. The predicted molar refractivity (Wildman–Crippen MR) is 134 cm³/mol. The molecule has 0 spiro atoms. The van der Waals surface area contributed by atoms with Crippen LogP contribution in [-0.2, 0) is 4.79 Å². The summed E-state index contributed by atoms with van der Waals surface area (Å²) in [5, 5.41) is 17.9. The molecule has 0 unspecified atom stereocenters. The van der Waals surface area contributed by atoms with Crippen molar-refractivity contribution in [2.45, 2.75) is 89.3 Å². The molecule has 34 heavy (non-hydrogen) atoms. The van der Waals surface area contributed by atoms with Crippen LogP contribution < -0.4 is 10.6 Å². The fraction of sp³-hybridized carbons (Fsp3) is 0.731. The highest BCUT2D eigenvalue weighted by atomic mass is 16.3. The van der Waals surface area contributed by atoms with E-state index in [4.69, 9.17) is 9.97 Å². The maximum atomic E-state index is 12.7. The molecule has 4 heterocycles. The van der Waals surface area contributed by atoms with E-state index in [0.717, 1.165) is 88.6 Å². The molecule has 0 radical (unpaired) electrons. The van der Waals surface area contributed by atoms with Gasteiger partial charge in [-0.1, -0.05) is 13.3 Å². The first-order valence-corrected chi connectivity index (χ1v) is 13.3. The lowest BCUT2D eigenvalue weighted by molar-refractivity contribution is -0.138. The number of aromatic nitrogens is 3. The summed E-state index contributed by atoms with van der Waals surface area (Å²) in [6.07, 6.45) is 12.0. The van der Waals surface area contributed by atoms with Gasteiger partial charge in [0.25, 0.3) is 0 Å². The Bertz CT molecular complexity index is 987. The highest BCUT2D eigenvalue weighted by Crippen LogP contribution is 2.38. The molecule has 186 valence electrons. The number of anilines is 1. The maximum Gasteiger partial charge on any atom is 0.228 e. The van der Waals surface area contributed by atoms with Gasteiger partial charge in [0.05, 0.1) is 12.0 Å². The number of nitrogens with one attached hydrogen (secondary N) is 2. The van der Waals surface area contributed by atoms with Gasteiger partial charge >= 0.3 is 0 Å². The minimum Gasteiger partial charge on any atom is -0.393 e. The van der Waals surface area contributed by atoms with Gasteiger partial charge in [-0.25, -0.2) is 4.98 Å². The number of hydrogen-bond donors (Lipinski definition) is 3. The third kappa shape index (κ3) is 4.80. The molecule has 1 saturated carbocycles. The number of hydrogen-bond acceptors (Lipinski definition) is 6. The van der Waals surface area contributed by atoms with Crippen LogP contribution in [0.1, 0.15) is 82.7 Å². The second-order valence-corrected chi connectivity index (χ2v) is 10.7. The van der Waals surface area contributed by atoms with Crippen LogP contribution in [0.15, 0.2) is 12.4 Å². The zero-order valence-electron chi connectivity index (χ0n) is 20.7. The molecule has 1 aliphatic carbocycles. The van der Waals surface area contributed by atoms with Crippen LogP contribution in [0.25, 0.3) is 11.0 Å². The number of piperidine rings is 1. The SMILES string of the molecule is CCC[C@H](C)Nc1ncc2c(C3CCN(C(=O)C4CNC4)CC3)cn(C3CCC(O)CC3)c2n1. The van der Waals surface area contributed by atoms with Crippen molar-refractivity contribution in [2.24, 2.45) is 5.92 Å². The highest BCUT2D eigenvalue weighted by Gasteiger charge is 2.33. The van der Waals surface area contributed by atoms with Crippen molar-refractivity contribution in [2.75, 3.05) is 31.5 Å². The molecular formula is C26H40N6O2. The van der Waals surface area contributed by atoms with Gasteiger partial charge in [-0.05, 0) is 63.4 Å². The van der Waals surface area contributed by atoms with Crippen molar-refractivity contribution in [1.29, 1.82) is 0 Å². The van der Waals surface area contributed by atoms with Gasteiger partial charge in [0.2, 0.25) is 11.9 Å². The third-order valence-corrected chi connectivity index (χ3v) is 8.14. The third-order valence-electron chi connectivity index (χ3n) is 8.14. The van der Waals surface area contributed by atoms with Crippen LogP contribution in [0.5, 0.6) is 0 Å². The van der Waals surface area contributed by atoms with E-state index in [1.54, 1.807) is 0 Å². The van der Waals surface area contributed by atoms with Gasteiger partial charge in [0.15, 0.2) is 0 Å². The first-order valence-electron chi connectivity index (χ1n) is 13.3. The number of fused-ring (bicyclic) bond motifs is 1. The van der Waals surface area contributed by atoms with Gasteiger partial charge in [-0.15, -0.1) is 0 Å². The van der Waals surface area contributed by atoms with Crippen LogP contribution in [0, 0.1) is 5.92 Å². The van der Waals surface area contributed by atoms with E-state index < -0.39 is 0 Å². The summed E-state index contributed by atoms with van der Waals surface area (Å²) in [6, 6.07) is 0.700. The molecule has 2 aliphatic heterocycles. The minimum absolute atomic E-state index is 0.174. The van der Waals surface area contributed by atoms with Crippen molar-refractivity contribution in [3.05, 3.63) is 18.0 Å². The molecule has 2 saturated heterocycles. The predicted octanol–water partition coefficient (Wildman–Crippen LogP) is 3.43. The Labute approximate surface area is 202 Å². The second-order valence-electron chi connectivity index (χ2n) is 10.7. The standard InChI is InChI=1S/C26H40N6O2/c1-3-4-17(2)29-26-28-15-22-23(16-32(24(22)30-26)20-5-7-21(33)8-6-20)18-9-11-31(12-10-18)25(34)19-13-27-14-19/h15-21,27,33H,3-14H2,1-2H3,(H,28,29,30)/t17-,20?,21?/m0/s1. The van der Waals surface area contributed by atoms with E-state index in [0.29, 0.717) is 29.9 Å². The van der Waals surface area contributed by atoms with Gasteiger partial charge in [0, 0.05) is 56.0 Å². The van der Waals surface area contributed by atoms with Crippen molar-refractivity contribution >= 4 is 22.9 Å². The monoisotopic (exact) mass is 468 g/mol. The number of likely N-dealkylation sites (tertiary alicyclic amines) is 1. The molecule has 5 rings (SSSR count). The minimum atomic E-state index is -0.174. The Morgan fingerprint density at radius 2 is 1.94 bits per heavy atom. The Morgan fingerprint density at radius 1 is 1.21 bits per heavy atom. The molecule has 8 nitrogen and oxygen atoms in total. The molecule has 1 amide bonds. The molecule has 0 aromatic carbocycles. The maximum absolute atomic E-state index is 12.7. The van der Waals surface area contributed by atoms with Gasteiger partial charge in [0.1, 0.15) is 5.65 Å². The lowest BCUT2D eigenvalue weighted by Gasteiger charge is -2.37. The Kier molecular flexibility index (Phi) is 7.06. The first kappa shape index (κ1) is 23.5. The summed E-state index contributed by atoms with van der Waals surface area (Å²) in [4.78, 5) is 24.4. The van der Waals surface area contributed by atoms with E-state index in [-0.39, 0.29) is 12.0 Å². The van der Waals surface area contributed by atoms with Crippen LogP contribution in [0.3, 0.4) is 0 Å². The second kappa shape index (κ2) is 10.2. The summed E-state index contributed by atoms with van der Waals surface area (Å²) in [6.45, 7) is 7.69. The Hall–Kier alpha value is -2.19. The summed E-state index contributed by atoms with van der Waals surface area (Å²) in [5.41, 5.74) is 2.34. The number of carbonyl (C=O) groups excluding carboxylic acids is 1. The van der Waals surface area contributed by atoms with Crippen LogP contribution in [0.4, 0.5) is 5.95 Å². The van der Waals surface area contributed by atoms with Crippen molar-refractivity contribution in [1.82, 2.24) is 24.8 Å². The molecule has 0 bridgehead atoms. The van der Waals surface area contributed by atoms with E-state index in [1.807, 2.05) is 6.20 Å². The molecular weight excluding hydrogens is 428 g/mol. The number of nitrogens with zero attached hydrogens (tertiary/aromatic N) is 4. The largest absolute Gasteiger partial charge is 0.393 e. The fourth-order valence-electron chi connectivity index (χ4n) is 5.92. The van der Waals surface area contributed by atoms with Crippen LogP contribution in [0.2, 0.25) is 0 Å². The van der Waals surface area contributed by atoms with Gasteiger partial charge in [-0.3, -0.25) is 4.79 Å². The average molecular weight is 469 g/mol. The lowest BCUT2D eigenvalue weighted by atomic mass is 9.89. The van der Waals surface area contributed by atoms with Crippen molar-refractivity contribution in [3.63, 3.8) is 0 Å². The summed E-state index contributed by atoms with van der Waals surface area (Å²) >= 11 is 0. The van der Waals surface area contributed by atoms with E-state index in [9.17, 15) is 9.90 Å². The van der Waals surface area contributed by atoms with E-state index in [2.05, 4.69) is 40.1 Å². The number of aliphatic hydroxyl groups excluding tert-OH is 1. The lowest BCUT2D eigenvalue weighted by Crippen LogP contribution is -2.53. The molecule has 8 heteroatoms.